The summed E-state index contributed by atoms with van der Waals surface area (Å²) in [4.78, 5) is 22.5. The number of hydrogen-bond acceptors (Lipinski definition) is 2. The van der Waals surface area contributed by atoms with Crippen LogP contribution in [0.2, 0.25) is 0 Å². The molecule has 0 bridgehead atoms. The first-order valence-corrected chi connectivity index (χ1v) is 8.88. The second-order valence-corrected chi connectivity index (χ2v) is 6.96. The van der Waals surface area contributed by atoms with Gasteiger partial charge in [-0.05, 0) is 31.0 Å². The zero-order valence-electron chi connectivity index (χ0n) is 15.4. The molecular weight excluding hydrogens is 334 g/mol. The van der Waals surface area contributed by atoms with Gasteiger partial charge in [-0.3, -0.25) is 9.78 Å². The number of fused-ring (bicyclic) bond motifs is 1. The number of nitrogens with zero attached hydrogens (tertiary/aromatic N) is 3. The van der Waals surface area contributed by atoms with Gasteiger partial charge in [0.1, 0.15) is 0 Å². The van der Waals surface area contributed by atoms with Gasteiger partial charge in [0, 0.05) is 18.3 Å². The molecule has 0 fully saturated rings. The zero-order chi connectivity index (χ0) is 19.0. The van der Waals surface area contributed by atoms with Crippen molar-refractivity contribution < 1.29 is 4.79 Å². The molecule has 27 heavy (non-hydrogen) atoms. The summed E-state index contributed by atoms with van der Waals surface area (Å²) in [6.07, 6.45) is 2.15. The molecule has 2 heterocycles. The van der Waals surface area contributed by atoms with Crippen molar-refractivity contribution in [1.29, 1.82) is 0 Å². The van der Waals surface area contributed by atoms with Gasteiger partial charge in [-0.25, -0.2) is 4.85 Å². The van der Waals surface area contributed by atoms with Crippen molar-refractivity contribution in [1.82, 2.24) is 4.98 Å². The molecule has 1 aliphatic heterocycles. The predicted octanol–water partition coefficient (Wildman–Crippen LogP) is 5.01. The van der Waals surface area contributed by atoms with Crippen molar-refractivity contribution in [3.05, 3.63) is 88.5 Å². The van der Waals surface area contributed by atoms with E-state index in [1.807, 2.05) is 30.5 Å². The van der Waals surface area contributed by atoms with E-state index in [1.54, 1.807) is 11.0 Å². The lowest BCUT2D eigenvalue weighted by atomic mass is 10.0. The van der Waals surface area contributed by atoms with Crippen LogP contribution in [0.1, 0.15) is 22.4 Å². The van der Waals surface area contributed by atoms with Crippen molar-refractivity contribution in [3.63, 3.8) is 0 Å². The van der Waals surface area contributed by atoms with Crippen molar-refractivity contribution >= 4 is 17.3 Å². The normalized spacial score (nSPS) is 12.8. The lowest BCUT2D eigenvalue weighted by Crippen LogP contribution is -2.26. The highest BCUT2D eigenvalue weighted by Crippen LogP contribution is 2.34. The van der Waals surface area contributed by atoms with Crippen LogP contribution in [0.3, 0.4) is 0 Å². The Bertz CT molecular complexity index is 1070. The number of benzene rings is 2. The van der Waals surface area contributed by atoms with Gasteiger partial charge in [-0.15, -0.1) is 0 Å². The second-order valence-electron chi connectivity index (χ2n) is 6.96. The molecule has 0 unspecified atom stereocenters. The summed E-state index contributed by atoms with van der Waals surface area (Å²) in [5, 5.41) is 0. The van der Waals surface area contributed by atoms with E-state index in [2.05, 4.69) is 41.9 Å². The minimum absolute atomic E-state index is 0.0230. The average molecular weight is 353 g/mol. The maximum Gasteiger partial charge on any atom is 0.233 e. The van der Waals surface area contributed by atoms with Gasteiger partial charge in [0.2, 0.25) is 5.91 Å². The Morgan fingerprint density at radius 1 is 1.07 bits per heavy atom. The standard InChI is InChI=1S/C23H19N3O/c1-15-8-16(2)10-18(9-15)19-11-22-21(25-13-19)12-23(27)26(22)14-17-6-4-5-7-20(17)24-3/h4-11,13H,12,14H2,1-2H3. The van der Waals surface area contributed by atoms with Crippen LogP contribution in [-0.4, -0.2) is 10.9 Å². The molecule has 132 valence electrons. The molecule has 1 amide bonds. The van der Waals surface area contributed by atoms with Crippen LogP contribution in [0.5, 0.6) is 0 Å². The third-order valence-electron chi connectivity index (χ3n) is 4.85. The zero-order valence-corrected chi connectivity index (χ0v) is 15.4. The maximum atomic E-state index is 12.6. The van der Waals surface area contributed by atoms with E-state index >= 15 is 0 Å². The highest BCUT2D eigenvalue weighted by atomic mass is 16.2. The van der Waals surface area contributed by atoms with Gasteiger partial charge in [-0.1, -0.05) is 53.6 Å². The molecular formula is C23H19N3O. The van der Waals surface area contributed by atoms with Crippen LogP contribution in [0, 0.1) is 20.4 Å². The fourth-order valence-corrected chi connectivity index (χ4v) is 3.62. The van der Waals surface area contributed by atoms with Gasteiger partial charge in [0.15, 0.2) is 5.69 Å². The lowest BCUT2D eigenvalue weighted by Gasteiger charge is -2.19. The molecule has 1 aliphatic rings. The van der Waals surface area contributed by atoms with Crippen LogP contribution < -0.4 is 4.90 Å². The Labute approximate surface area is 158 Å². The first-order chi connectivity index (χ1) is 13.0. The quantitative estimate of drug-likeness (QED) is 0.621. The average Bonchev–Trinajstić information content (AvgIpc) is 2.96. The summed E-state index contributed by atoms with van der Waals surface area (Å²) in [6, 6.07) is 15.9. The molecule has 4 nitrogen and oxygen atoms in total. The smallest absolute Gasteiger partial charge is 0.233 e. The number of carbonyl (C=O) groups is 1. The highest BCUT2D eigenvalue weighted by molar-refractivity contribution is 6.01. The number of amides is 1. The molecule has 2 aromatic carbocycles. The van der Waals surface area contributed by atoms with Crippen LogP contribution in [-0.2, 0) is 17.8 Å². The van der Waals surface area contributed by atoms with Crippen LogP contribution >= 0.6 is 0 Å². The number of carbonyl (C=O) groups excluding carboxylic acids is 1. The van der Waals surface area contributed by atoms with Crippen LogP contribution in [0.15, 0.2) is 54.7 Å². The van der Waals surface area contributed by atoms with Gasteiger partial charge < -0.3 is 4.90 Å². The van der Waals surface area contributed by atoms with Crippen LogP contribution in [0.25, 0.3) is 16.0 Å². The Kier molecular flexibility index (Phi) is 4.21. The summed E-state index contributed by atoms with van der Waals surface area (Å²) in [5.41, 5.74) is 7.57. The Hall–Kier alpha value is -3.45. The van der Waals surface area contributed by atoms with Gasteiger partial charge in [0.25, 0.3) is 0 Å². The second kappa shape index (κ2) is 6.69. The van der Waals surface area contributed by atoms with Gasteiger partial charge >= 0.3 is 0 Å². The monoisotopic (exact) mass is 353 g/mol. The van der Waals surface area contributed by atoms with E-state index in [0.29, 0.717) is 18.7 Å². The Balaban J connectivity index is 1.74. The number of pyridine rings is 1. The SMILES string of the molecule is [C-]#[N+]c1ccccc1CN1C(=O)Cc2ncc(-c3cc(C)cc(C)c3)cc21. The fourth-order valence-electron chi connectivity index (χ4n) is 3.62. The maximum absolute atomic E-state index is 12.6. The molecule has 4 rings (SSSR count). The number of hydrogen-bond donors (Lipinski definition) is 0. The molecule has 1 aromatic heterocycles. The number of aromatic nitrogens is 1. The van der Waals surface area contributed by atoms with E-state index in [0.717, 1.165) is 28.1 Å². The molecule has 0 spiro atoms. The van der Waals surface area contributed by atoms with E-state index in [1.165, 1.54) is 11.1 Å². The minimum atomic E-state index is 0.0230. The number of anilines is 1. The van der Waals surface area contributed by atoms with Gasteiger partial charge in [0.05, 0.1) is 24.4 Å². The number of aryl methyl sites for hydroxylation is 2. The van der Waals surface area contributed by atoms with E-state index in [-0.39, 0.29) is 5.91 Å². The van der Waals surface area contributed by atoms with Crippen molar-refractivity contribution in [2.24, 2.45) is 0 Å². The van der Waals surface area contributed by atoms with Crippen LogP contribution in [0.4, 0.5) is 11.4 Å². The van der Waals surface area contributed by atoms with E-state index in [4.69, 9.17) is 6.57 Å². The summed E-state index contributed by atoms with van der Waals surface area (Å²) < 4.78 is 0. The van der Waals surface area contributed by atoms with E-state index < -0.39 is 0 Å². The molecule has 4 heteroatoms. The summed E-state index contributed by atoms with van der Waals surface area (Å²) in [5.74, 6) is 0.0230. The van der Waals surface area contributed by atoms with Crippen molar-refractivity contribution in [2.75, 3.05) is 4.90 Å². The fraction of sp³-hybridized carbons (Fsp3) is 0.174. The Morgan fingerprint density at radius 3 is 2.56 bits per heavy atom. The number of rotatable bonds is 3. The van der Waals surface area contributed by atoms with E-state index in [9.17, 15) is 4.79 Å². The third-order valence-corrected chi connectivity index (χ3v) is 4.85. The summed E-state index contributed by atoms with van der Waals surface area (Å²) in [7, 11) is 0. The number of para-hydroxylation sites is 1. The Morgan fingerprint density at radius 2 is 1.81 bits per heavy atom. The first kappa shape index (κ1) is 17.0. The molecule has 0 aliphatic carbocycles. The molecule has 0 atom stereocenters. The lowest BCUT2D eigenvalue weighted by molar-refractivity contribution is -0.117. The highest BCUT2D eigenvalue weighted by Gasteiger charge is 2.29. The van der Waals surface area contributed by atoms with Crippen molar-refractivity contribution in [2.45, 2.75) is 26.8 Å². The molecule has 0 saturated carbocycles. The third kappa shape index (κ3) is 3.20. The largest absolute Gasteiger partial charge is 0.307 e. The molecule has 0 radical (unpaired) electrons. The molecule has 0 N–H and O–H groups in total. The molecule has 3 aromatic rings. The summed E-state index contributed by atoms with van der Waals surface area (Å²) >= 11 is 0. The summed E-state index contributed by atoms with van der Waals surface area (Å²) in [6.45, 7) is 11.9. The minimum Gasteiger partial charge on any atom is -0.307 e. The van der Waals surface area contributed by atoms with Crippen molar-refractivity contribution in [3.8, 4) is 11.1 Å². The first-order valence-electron chi connectivity index (χ1n) is 8.88. The molecule has 0 saturated heterocycles. The topological polar surface area (TPSA) is 37.6 Å². The predicted molar refractivity (Wildman–Crippen MR) is 107 cm³/mol. The van der Waals surface area contributed by atoms with Gasteiger partial charge in [-0.2, -0.15) is 0 Å².